The number of aromatic nitrogens is 1. The van der Waals surface area contributed by atoms with Crippen molar-refractivity contribution < 1.29 is 26.4 Å². The molecule has 11 heteroatoms. The first kappa shape index (κ1) is 20.4. The Bertz CT molecular complexity index is 776. The number of alkyl halides is 3. The Balaban J connectivity index is 2.14. The first-order valence-electron chi connectivity index (χ1n) is 7.82. The summed E-state index contributed by atoms with van der Waals surface area (Å²) in [5, 5.41) is 2.42. The van der Waals surface area contributed by atoms with Gasteiger partial charge in [-0.05, 0) is 32.4 Å². The van der Waals surface area contributed by atoms with Crippen LogP contribution in [-0.2, 0) is 10.0 Å². The topological polar surface area (TPSA) is 82.6 Å². The SMILES string of the molecule is CN(C)S(=O)(=O)c1ccc(NC(=O)N2CCC(C(F)(F)F)C2(C)C)nc1. The Morgan fingerprint density at radius 3 is 2.38 bits per heavy atom. The Hall–Kier alpha value is -1.88. The lowest BCUT2D eigenvalue weighted by Crippen LogP contribution is -2.51. The van der Waals surface area contributed by atoms with Crippen molar-refractivity contribution in [3.05, 3.63) is 18.3 Å². The molecule has 26 heavy (non-hydrogen) atoms. The predicted molar refractivity (Wildman–Crippen MR) is 89.1 cm³/mol. The highest BCUT2D eigenvalue weighted by Gasteiger charge is 2.56. The van der Waals surface area contributed by atoms with Gasteiger partial charge in [0.1, 0.15) is 10.7 Å². The number of halogens is 3. The van der Waals surface area contributed by atoms with E-state index in [9.17, 15) is 26.4 Å². The second-order valence-corrected chi connectivity index (χ2v) is 8.94. The number of pyridine rings is 1. The molecule has 2 amide bonds. The summed E-state index contributed by atoms with van der Waals surface area (Å²) in [5.74, 6) is -1.56. The summed E-state index contributed by atoms with van der Waals surface area (Å²) in [4.78, 5) is 17.3. The van der Waals surface area contributed by atoms with E-state index >= 15 is 0 Å². The van der Waals surface area contributed by atoms with Crippen LogP contribution in [0.15, 0.2) is 23.2 Å². The van der Waals surface area contributed by atoms with Gasteiger partial charge >= 0.3 is 12.2 Å². The number of likely N-dealkylation sites (tertiary alicyclic amines) is 1. The average molecular weight is 394 g/mol. The number of nitrogens with zero attached hydrogens (tertiary/aromatic N) is 3. The molecule has 146 valence electrons. The van der Waals surface area contributed by atoms with Crippen molar-refractivity contribution in [3.63, 3.8) is 0 Å². The lowest BCUT2D eigenvalue weighted by atomic mass is 9.88. The third kappa shape index (κ3) is 3.78. The van der Waals surface area contributed by atoms with Gasteiger partial charge in [-0.3, -0.25) is 5.32 Å². The quantitative estimate of drug-likeness (QED) is 0.854. The van der Waals surface area contributed by atoms with Gasteiger partial charge in [0, 0.05) is 26.8 Å². The molecule has 1 aromatic heterocycles. The highest BCUT2D eigenvalue weighted by molar-refractivity contribution is 7.89. The van der Waals surface area contributed by atoms with Crippen LogP contribution in [0.3, 0.4) is 0 Å². The molecule has 1 aliphatic heterocycles. The number of hydrogen-bond acceptors (Lipinski definition) is 4. The fraction of sp³-hybridized carbons (Fsp3) is 0.600. The zero-order valence-electron chi connectivity index (χ0n) is 14.8. The Kier molecular flexibility index (Phi) is 5.26. The largest absolute Gasteiger partial charge is 0.394 e. The van der Waals surface area contributed by atoms with Crippen molar-refractivity contribution in [2.24, 2.45) is 5.92 Å². The van der Waals surface area contributed by atoms with Crippen LogP contribution in [0.1, 0.15) is 20.3 Å². The van der Waals surface area contributed by atoms with E-state index in [1.165, 1.54) is 40.1 Å². The van der Waals surface area contributed by atoms with E-state index in [2.05, 4.69) is 10.3 Å². The standard InChI is InChI=1S/C15H21F3N4O3S/c1-14(2)11(15(16,17)18)7-8-22(14)13(23)20-12-6-5-10(9-19-12)26(24,25)21(3)4/h5-6,9,11H,7-8H2,1-4H3,(H,19,20,23). The molecule has 0 radical (unpaired) electrons. The number of amides is 2. The maximum absolute atomic E-state index is 13.1. The highest BCUT2D eigenvalue weighted by Crippen LogP contribution is 2.44. The molecule has 0 aromatic carbocycles. The maximum Gasteiger partial charge on any atom is 0.394 e. The zero-order valence-corrected chi connectivity index (χ0v) is 15.6. The van der Waals surface area contributed by atoms with E-state index in [0.717, 1.165) is 15.4 Å². The van der Waals surface area contributed by atoms with Crippen molar-refractivity contribution in [2.75, 3.05) is 26.0 Å². The summed E-state index contributed by atoms with van der Waals surface area (Å²) in [5.41, 5.74) is -1.39. The van der Waals surface area contributed by atoms with Crippen LogP contribution in [0.25, 0.3) is 0 Å². The van der Waals surface area contributed by atoms with E-state index in [1.807, 2.05) is 0 Å². The van der Waals surface area contributed by atoms with Crippen molar-refractivity contribution in [1.29, 1.82) is 0 Å². The molecule has 0 aliphatic carbocycles. The first-order chi connectivity index (χ1) is 11.8. The molecule has 1 unspecified atom stereocenters. The minimum absolute atomic E-state index is 0.0316. The minimum Gasteiger partial charge on any atom is -0.319 e. The van der Waals surface area contributed by atoms with Gasteiger partial charge in [-0.2, -0.15) is 13.2 Å². The number of rotatable bonds is 3. The monoisotopic (exact) mass is 394 g/mol. The lowest BCUT2D eigenvalue weighted by molar-refractivity contribution is -0.189. The van der Waals surface area contributed by atoms with Gasteiger partial charge in [0.25, 0.3) is 0 Å². The molecule has 1 atom stereocenters. The molecule has 7 nitrogen and oxygen atoms in total. The number of carbonyl (C=O) groups is 1. The Labute approximate surface area is 150 Å². The molecular weight excluding hydrogens is 373 g/mol. The normalized spacial score (nSPS) is 20.5. The van der Waals surface area contributed by atoms with Gasteiger partial charge in [-0.25, -0.2) is 22.5 Å². The summed E-state index contributed by atoms with van der Waals surface area (Å²) in [7, 11) is -0.912. The van der Waals surface area contributed by atoms with Crippen molar-refractivity contribution in [3.8, 4) is 0 Å². The van der Waals surface area contributed by atoms with Crippen LogP contribution in [0.2, 0.25) is 0 Å². The summed E-state index contributed by atoms with van der Waals surface area (Å²) >= 11 is 0. The highest BCUT2D eigenvalue weighted by atomic mass is 32.2. The molecule has 0 saturated carbocycles. The minimum atomic E-state index is -4.39. The van der Waals surface area contributed by atoms with E-state index in [0.29, 0.717) is 0 Å². The second-order valence-electron chi connectivity index (χ2n) is 6.78. The molecule has 2 heterocycles. The van der Waals surface area contributed by atoms with Crippen molar-refractivity contribution in [2.45, 2.75) is 36.9 Å². The summed E-state index contributed by atoms with van der Waals surface area (Å²) in [6.45, 7) is 2.71. The van der Waals surface area contributed by atoms with Crippen molar-refractivity contribution in [1.82, 2.24) is 14.2 Å². The third-order valence-corrected chi connectivity index (χ3v) is 6.38. The van der Waals surface area contributed by atoms with E-state index in [4.69, 9.17) is 0 Å². The van der Waals surface area contributed by atoms with Crippen LogP contribution >= 0.6 is 0 Å². The molecule has 2 rings (SSSR count). The van der Waals surface area contributed by atoms with E-state index < -0.39 is 33.7 Å². The number of nitrogens with one attached hydrogen (secondary N) is 1. The zero-order chi connectivity index (χ0) is 19.9. The van der Waals surface area contributed by atoms with Crippen LogP contribution in [-0.4, -0.2) is 61.0 Å². The Morgan fingerprint density at radius 2 is 1.96 bits per heavy atom. The fourth-order valence-electron chi connectivity index (χ4n) is 3.01. The molecular formula is C15H21F3N4O3S. The number of hydrogen-bond donors (Lipinski definition) is 1. The predicted octanol–water partition coefficient (Wildman–Crippen LogP) is 2.53. The Morgan fingerprint density at radius 1 is 1.35 bits per heavy atom. The molecule has 1 fully saturated rings. The molecule has 1 N–H and O–H groups in total. The average Bonchev–Trinajstić information content (AvgIpc) is 2.82. The third-order valence-electron chi connectivity index (χ3n) is 4.58. The van der Waals surface area contributed by atoms with E-state index in [1.54, 1.807) is 0 Å². The van der Waals surface area contributed by atoms with Crippen LogP contribution in [0, 0.1) is 5.92 Å². The number of carbonyl (C=O) groups excluding carboxylic acids is 1. The molecule has 0 bridgehead atoms. The lowest BCUT2D eigenvalue weighted by Gasteiger charge is -2.36. The summed E-state index contributed by atoms with van der Waals surface area (Å²) in [6.07, 6.45) is -3.48. The first-order valence-corrected chi connectivity index (χ1v) is 9.26. The summed E-state index contributed by atoms with van der Waals surface area (Å²) < 4.78 is 64.3. The molecule has 1 aromatic rings. The number of anilines is 1. The summed E-state index contributed by atoms with van der Waals surface area (Å²) in [6, 6.07) is 1.85. The number of urea groups is 1. The fourth-order valence-corrected chi connectivity index (χ4v) is 3.86. The van der Waals surface area contributed by atoms with Gasteiger partial charge in [0.2, 0.25) is 10.0 Å². The van der Waals surface area contributed by atoms with Gasteiger partial charge in [0.05, 0.1) is 11.5 Å². The van der Waals surface area contributed by atoms with Crippen LogP contribution in [0.5, 0.6) is 0 Å². The van der Waals surface area contributed by atoms with Gasteiger partial charge < -0.3 is 4.90 Å². The van der Waals surface area contributed by atoms with Gasteiger partial charge in [-0.1, -0.05) is 0 Å². The molecule has 1 saturated heterocycles. The van der Waals surface area contributed by atoms with E-state index in [-0.39, 0.29) is 23.7 Å². The smallest absolute Gasteiger partial charge is 0.319 e. The number of sulfonamides is 1. The van der Waals surface area contributed by atoms with Gasteiger partial charge in [-0.15, -0.1) is 0 Å². The van der Waals surface area contributed by atoms with Crippen LogP contribution < -0.4 is 5.32 Å². The van der Waals surface area contributed by atoms with Crippen molar-refractivity contribution >= 4 is 21.9 Å². The maximum atomic E-state index is 13.1. The molecule has 1 aliphatic rings. The second kappa shape index (κ2) is 6.69. The molecule has 0 spiro atoms. The van der Waals surface area contributed by atoms with Gasteiger partial charge in [0.15, 0.2) is 0 Å². The van der Waals surface area contributed by atoms with Crippen LogP contribution in [0.4, 0.5) is 23.8 Å².